The van der Waals surface area contributed by atoms with Crippen LogP contribution >= 0.6 is 11.3 Å². The van der Waals surface area contributed by atoms with Gasteiger partial charge in [-0.1, -0.05) is 32.9 Å². The molecule has 2 heterocycles. The lowest BCUT2D eigenvalue weighted by atomic mass is 9.96. The van der Waals surface area contributed by atoms with Gasteiger partial charge in [0, 0.05) is 23.1 Å². The molecular weight excluding hydrogens is 296 g/mol. The predicted octanol–water partition coefficient (Wildman–Crippen LogP) is 3.87. The summed E-state index contributed by atoms with van der Waals surface area (Å²) in [7, 11) is 0. The highest BCUT2D eigenvalue weighted by Gasteiger charge is 2.22. The first-order valence-corrected chi connectivity index (χ1v) is 8.39. The molecule has 1 aromatic heterocycles. The number of aliphatic hydroxyl groups is 1. The molecule has 22 heavy (non-hydrogen) atoms. The number of ether oxygens (including phenoxy) is 1. The minimum atomic E-state index is -0.433. The zero-order valence-corrected chi connectivity index (χ0v) is 14.0. The van der Waals surface area contributed by atoms with Gasteiger partial charge in [-0.25, -0.2) is 4.98 Å². The van der Waals surface area contributed by atoms with Gasteiger partial charge in [0.2, 0.25) is 0 Å². The Kier molecular flexibility index (Phi) is 4.10. The van der Waals surface area contributed by atoms with Crippen LogP contribution < -0.4 is 10.1 Å². The van der Waals surface area contributed by atoms with Crippen LogP contribution in [0.5, 0.6) is 5.75 Å². The zero-order valence-electron chi connectivity index (χ0n) is 13.2. The maximum absolute atomic E-state index is 10.0. The number of para-hydroxylation sites is 1. The van der Waals surface area contributed by atoms with Gasteiger partial charge in [-0.2, -0.15) is 0 Å². The van der Waals surface area contributed by atoms with Crippen molar-refractivity contribution < 1.29 is 9.84 Å². The van der Waals surface area contributed by atoms with Crippen LogP contribution in [0.15, 0.2) is 24.4 Å². The Morgan fingerprint density at radius 1 is 1.41 bits per heavy atom. The van der Waals surface area contributed by atoms with Gasteiger partial charge < -0.3 is 15.2 Å². The third-order valence-corrected chi connectivity index (χ3v) is 5.19. The van der Waals surface area contributed by atoms with Crippen molar-refractivity contribution >= 4 is 17.0 Å². The first-order valence-electron chi connectivity index (χ1n) is 7.58. The largest absolute Gasteiger partial charge is 0.491 e. The maximum atomic E-state index is 10.0. The quantitative estimate of drug-likeness (QED) is 0.902. The van der Waals surface area contributed by atoms with E-state index in [9.17, 15) is 5.11 Å². The highest BCUT2D eigenvalue weighted by atomic mass is 32.1. The molecule has 0 aliphatic carbocycles. The molecule has 0 fully saturated rings. The molecule has 0 saturated heterocycles. The fourth-order valence-corrected chi connectivity index (χ4v) is 3.37. The monoisotopic (exact) mass is 318 g/mol. The molecule has 1 aromatic carbocycles. The van der Waals surface area contributed by atoms with E-state index in [-0.39, 0.29) is 5.41 Å². The number of nitrogens with one attached hydrogen (secondary N) is 1. The van der Waals surface area contributed by atoms with Crippen molar-refractivity contribution in [3.63, 3.8) is 0 Å². The normalized spacial score (nSPS) is 17.7. The lowest BCUT2D eigenvalue weighted by Gasteiger charge is -2.24. The first kappa shape index (κ1) is 15.3. The molecule has 0 radical (unpaired) electrons. The molecule has 0 unspecified atom stereocenters. The Morgan fingerprint density at radius 3 is 2.95 bits per heavy atom. The summed E-state index contributed by atoms with van der Waals surface area (Å²) >= 11 is 1.73. The fraction of sp³-hybridized carbons (Fsp3) is 0.471. The Labute approximate surface area is 135 Å². The SMILES string of the molecule is CC(C)(C)c1cnc(CNc2cccc3c2OCC[C@H]3O)s1. The van der Waals surface area contributed by atoms with E-state index >= 15 is 0 Å². The van der Waals surface area contributed by atoms with E-state index in [1.165, 1.54) is 4.88 Å². The highest BCUT2D eigenvalue weighted by molar-refractivity contribution is 7.11. The number of anilines is 1. The van der Waals surface area contributed by atoms with E-state index in [2.05, 4.69) is 31.1 Å². The topological polar surface area (TPSA) is 54.4 Å². The van der Waals surface area contributed by atoms with E-state index in [0.29, 0.717) is 19.6 Å². The summed E-state index contributed by atoms with van der Waals surface area (Å²) < 4.78 is 5.73. The number of nitrogens with zero attached hydrogens (tertiary/aromatic N) is 1. The van der Waals surface area contributed by atoms with Gasteiger partial charge >= 0.3 is 0 Å². The molecule has 4 nitrogen and oxygen atoms in total. The van der Waals surface area contributed by atoms with Crippen LogP contribution in [0, 0.1) is 0 Å². The Balaban J connectivity index is 1.75. The van der Waals surface area contributed by atoms with E-state index < -0.39 is 6.10 Å². The van der Waals surface area contributed by atoms with Crippen molar-refractivity contribution in [3.05, 3.63) is 39.8 Å². The van der Waals surface area contributed by atoms with Crippen molar-refractivity contribution in [3.8, 4) is 5.75 Å². The number of rotatable bonds is 3. The van der Waals surface area contributed by atoms with Crippen LogP contribution in [0.25, 0.3) is 0 Å². The summed E-state index contributed by atoms with van der Waals surface area (Å²) in [5.41, 5.74) is 1.92. The summed E-state index contributed by atoms with van der Waals surface area (Å²) in [5, 5.41) is 14.5. The van der Waals surface area contributed by atoms with Crippen LogP contribution in [0.1, 0.15) is 48.7 Å². The second kappa shape index (κ2) is 5.89. The maximum Gasteiger partial charge on any atom is 0.148 e. The molecule has 0 saturated carbocycles. The summed E-state index contributed by atoms with van der Waals surface area (Å²) in [5.74, 6) is 0.772. The average molecular weight is 318 g/mol. The molecule has 1 atom stereocenters. The zero-order chi connectivity index (χ0) is 15.7. The molecule has 3 rings (SSSR count). The molecule has 2 N–H and O–H groups in total. The summed E-state index contributed by atoms with van der Waals surface area (Å²) in [6.45, 7) is 7.80. The lowest BCUT2D eigenvalue weighted by molar-refractivity contribution is 0.116. The van der Waals surface area contributed by atoms with Crippen molar-refractivity contribution in [2.24, 2.45) is 0 Å². The average Bonchev–Trinajstić information content (AvgIpc) is 2.95. The van der Waals surface area contributed by atoms with Crippen LogP contribution in [0.2, 0.25) is 0 Å². The van der Waals surface area contributed by atoms with Crippen LogP contribution in [-0.2, 0) is 12.0 Å². The number of benzene rings is 1. The number of hydrogen-bond acceptors (Lipinski definition) is 5. The number of aromatic nitrogens is 1. The summed E-state index contributed by atoms with van der Waals surface area (Å²) in [6.07, 6.45) is 2.18. The van der Waals surface area contributed by atoms with Gasteiger partial charge in [-0.15, -0.1) is 11.3 Å². The third-order valence-electron chi connectivity index (χ3n) is 3.77. The number of aliphatic hydroxyl groups excluding tert-OH is 1. The minimum Gasteiger partial charge on any atom is -0.491 e. The Hall–Kier alpha value is -1.59. The number of fused-ring (bicyclic) bond motifs is 1. The molecule has 118 valence electrons. The second-order valence-corrected chi connectivity index (χ2v) is 7.71. The highest BCUT2D eigenvalue weighted by Crippen LogP contribution is 2.38. The summed E-state index contributed by atoms with van der Waals surface area (Å²) in [6, 6.07) is 5.85. The van der Waals surface area contributed by atoms with Crippen molar-refractivity contribution in [2.75, 3.05) is 11.9 Å². The Morgan fingerprint density at radius 2 is 2.23 bits per heavy atom. The molecule has 0 spiro atoms. The van der Waals surface area contributed by atoms with Gasteiger partial charge in [-0.3, -0.25) is 0 Å². The predicted molar refractivity (Wildman–Crippen MR) is 89.7 cm³/mol. The molecule has 1 aliphatic rings. The number of hydrogen-bond donors (Lipinski definition) is 2. The van der Waals surface area contributed by atoms with E-state index in [0.717, 1.165) is 22.0 Å². The van der Waals surface area contributed by atoms with Crippen LogP contribution in [0.3, 0.4) is 0 Å². The molecular formula is C17H22N2O2S. The van der Waals surface area contributed by atoms with Crippen molar-refractivity contribution in [2.45, 2.75) is 45.3 Å². The van der Waals surface area contributed by atoms with E-state index in [1.807, 2.05) is 24.4 Å². The molecule has 0 bridgehead atoms. The van der Waals surface area contributed by atoms with Crippen LogP contribution in [0.4, 0.5) is 5.69 Å². The van der Waals surface area contributed by atoms with Crippen molar-refractivity contribution in [1.82, 2.24) is 4.98 Å². The fourth-order valence-electron chi connectivity index (χ4n) is 2.46. The van der Waals surface area contributed by atoms with E-state index in [1.54, 1.807) is 11.3 Å². The van der Waals surface area contributed by atoms with Gasteiger partial charge in [-0.05, 0) is 11.5 Å². The molecule has 0 amide bonds. The Bertz CT molecular complexity index is 661. The smallest absolute Gasteiger partial charge is 0.148 e. The van der Waals surface area contributed by atoms with Crippen molar-refractivity contribution in [1.29, 1.82) is 0 Å². The first-order chi connectivity index (χ1) is 10.4. The number of thiazole rings is 1. The standard InChI is InChI=1S/C17H22N2O2S/c1-17(2,3)14-9-19-15(22-14)10-18-12-6-4-5-11-13(20)7-8-21-16(11)12/h4-6,9,13,18,20H,7-8,10H2,1-3H3/t13-/m1/s1. The second-order valence-electron chi connectivity index (χ2n) is 6.60. The third kappa shape index (κ3) is 3.10. The van der Waals surface area contributed by atoms with Gasteiger partial charge in [0.25, 0.3) is 0 Å². The molecule has 5 heteroatoms. The summed E-state index contributed by atoms with van der Waals surface area (Å²) in [4.78, 5) is 5.77. The minimum absolute atomic E-state index is 0.134. The lowest BCUT2D eigenvalue weighted by Crippen LogP contribution is -2.15. The van der Waals surface area contributed by atoms with E-state index in [4.69, 9.17) is 4.74 Å². The van der Waals surface area contributed by atoms with Crippen LogP contribution in [-0.4, -0.2) is 16.7 Å². The molecule has 2 aromatic rings. The van der Waals surface area contributed by atoms with Gasteiger partial charge in [0.05, 0.1) is 24.9 Å². The molecule has 1 aliphatic heterocycles. The van der Waals surface area contributed by atoms with Gasteiger partial charge in [0.15, 0.2) is 0 Å². The van der Waals surface area contributed by atoms with Gasteiger partial charge in [0.1, 0.15) is 10.8 Å².